The topological polar surface area (TPSA) is 79.3 Å². The van der Waals surface area contributed by atoms with Gasteiger partial charge in [0.05, 0.1) is 7.45 Å². The van der Waals surface area contributed by atoms with Gasteiger partial charge in [0.2, 0.25) is 0 Å². The van der Waals surface area contributed by atoms with E-state index in [4.69, 9.17) is 23.2 Å². The molecule has 0 aromatic carbocycles. The summed E-state index contributed by atoms with van der Waals surface area (Å²) in [4.78, 5) is 25.6. The van der Waals surface area contributed by atoms with Crippen molar-refractivity contribution in [1.82, 2.24) is 9.80 Å². The van der Waals surface area contributed by atoms with Crippen LogP contribution in [0.2, 0.25) is 0 Å². The molecule has 2 saturated heterocycles. The quantitative estimate of drug-likeness (QED) is 0.652. The minimum Gasteiger partial charge on any atom is -0.444 e. The number of carbonyl (C=O) groups is 2. The van der Waals surface area contributed by atoms with Crippen LogP contribution < -0.4 is 0 Å². The number of hydrogen-bond acceptors (Lipinski definition) is 5. The van der Waals surface area contributed by atoms with Crippen LogP contribution in [0.1, 0.15) is 87.7 Å². The molecule has 0 radical (unpaired) electrons. The van der Waals surface area contributed by atoms with Crippen LogP contribution in [-0.4, -0.2) is 70.6 Å². The molecule has 2 aliphatic rings. The summed E-state index contributed by atoms with van der Waals surface area (Å²) in [5, 5.41) is 9.70. The van der Waals surface area contributed by atoms with Crippen LogP contribution in [0.5, 0.6) is 0 Å². The number of hydrogen-bond donors (Lipinski definition) is 1. The highest BCUT2D eigenvalue weighted by Crippen LogP contribution is 2.18. The van der Waals surface area contributed by atoms with Crippen LogP contribution >= 0.6 is 0 Å². The van der Waals surface area contributed by atoms with Gasteiger partial charge in [-0.05, 0) is 72.9 Å². The summed E-state index contributed by atoms with van der Waals surface area (Å²) in [6.07, 6.45) is -14.0. The van der Waals surface area contributed by atoms with Gasteiger partial charge in [-0.25, -0.2) is 9.59 Å². The molecule has 0 spiro atoms. The van der Waals surface area contributed by atoms with Crippen molar-refractivity contribution in [2.24, 2.45) is 5.89 Å². The number of ether oxygens (including phenoxy) is 2. The van der Waals surface area contributed by atoms with Crippen molar-refractivity contribution in [3.8, 4) is 0 Å². The molecule has 0 aromatic heterocycles. The van der Waals surface area contributed by atoms with Crippen LogP contribution in [0.15, 0.2) is 0 Å². The summed E-state index contributed by atoms with van der Waals surface area (Å²) < 4.78 is 87.2. The first kappa shape index (κ1) is 12.9. The molecule has 7 nitrogen and oxygen atoms in total. The zero-order chi connectivity index (χ0) is 30.6. The van der Waals surface area contributed by atoms with E-state index in [0.29, 0.717) is 0 Å². The maximum Gasteiger partial charge on any atom is 0.410 e. The van der Waals surface area contributed by atoms with E-state index < -0.39 is 73.9 Å². The van der Waals surface area contributed by atoms with E-state index in [2.05, 4.69) is 0 Å². The Morgan fingerprint density at radius 3 is 1.50 bits per heavy atom. The highest BCUT2D eigenvalue weighted by molar-refractivity contribution is 5.68. The van der Waals surface area contributed by atoms with Crippen molar-refractivity contribution in [2.45, 2.75) is 91.2 Å². The van der Waals surface area contributed by atoms with Crippen LogP contribution in [-0.2, 0) is 9.47 Å². The molecule has 0 bridgehead atoms. The molecule has 0 unspecified atom stereocenters. The second kappa shape index (κ2) is 10.3. The molecule has 0 aliphatic carbocycles. The number of aliphatic hydroxyl groups is 1. The fraction of sp³-hybridized carbons (Fsp3) is 0.905. The number of amides is 2. The van der Waals surface area contributed by atoms with Crippen molar-refractivity contribution >= 4 is 12.2 Å². The molecule has 2 heterocycles. The minimum absolute atomic E-state index is 0.346. The Morgan fingerprint density at radius 1 is 0.857 bits per heavy atom. The van der Waals surface area contributed by atoms with Gasteiger partial charge >= 0.3 is 12.2 Å². The van der Waals surface area contributed by atoms with E-state index >= 15 is 0 Å². The van der Waals surface area contributed by atoms with Crippen molar-refractivity contribution in [3.05, 3.63) is 0 Å². The summed E-state index contributed by atoms with van der Waals surface area (Å²) in [5.74, 6) is -1.92. The lowest BCUT2D eigenvalue weighted by Gasteiger charge is -2.32. The second-order valence-corrected chi connectivity index (χ2v) is 8.35. The largest absolute Gasteiger partial charge is 0.444 e. The Balaban J connectivity index is 0.000000380. The average molecular weight is 411 g/mol. The van der Waals surface area contributed by atoms with E-state index in [0.717, 1.165) is 9.80 Å². The number of rotatable bonds is 0. The number of carbonyl (C=O) groups excluding carboxylic acids is 2. The maximum absolute atomic E-state index is 11.9. The Labute approximate surface area is 184 Å². The Morgan fingerprint density at radius 2 is 1.18 bits per heavy atom. The first-order valence-corrected chi connectivity index (χ1v) is 9.07. The molecule has 2 rings (SSSR count). The summed E-state index contributed by atoms with van der Waals surface area (Å²) in [7, 11) is 0. The molecule has 2 fully saturated rings. The highest BCUT2D eigenvalue weighted by Gasteiger charge is 2.26. The van der Waals surface area contributed by atoms with Gasteiger partial charge in [0.15, 0.2) is 0 Å². The maximum atomic E-state index is 11.9. The standard InChI is InChI=1S/C11H21NO2.C10H19NO3/c1-9-5-7-12(8-6-9)10(13)14-11(2,3)4;1-10(2,3)14-9(13)11-6-4-8(12)5-7-11/h9H,5-8H2,1-4H3;8,12H,4-7H2,1-3H3/i5D2,6D2,9D;4D2,5D2,8D. The Hall–Kier alpha value is -1.50. The molecule has 0 aromatic rings. The summed E-state index contributed by atoms with van der Waals surface area (Å²) in [6.45, 7) is 9.31. The lowest BCUT2D eigenvalue weighted by atomic mass is 10.00. The third kappa shape index (κ3) is 10.2. The van der Waals surface area contributed by atoms with Gasteiger partial charge in [-0.3, -0.25) is 0 Å². The van der Waals surface area contributed by atoms with Gasteiger partial charge in [-0.1, -0.05) is 6.92 Å². The van der Waals surface area contributed by atoms with Gasteiger partial charge in [-0.15, -0.1) is 0 Å². The van der Waals surface area contributed by atoms with Gasteiger partial charge in [0, 0.05) is 38.5 Å². The number of likely N-dealkylation sites (tertiary alicyclic amines) is 2. The Bertz CT molecular complexity index is 786. The molecular formula is C21H40N2O5. The average Bonchev–Trinajstić information content (AvgIpc) is 2.61. The molecule has 164 valence electrons. The first-order chi connectivity index (χ1) is 16.4. The summed E-state index contributed by atoms with van der Waals surface area (Å²) in [5.41, 5.74) is -1.51. The van der Waals surface area contributed by atoms with Crippen LogP contribution in [0.4, 0.5) is 9.59 Å². The van der Waals surface area contributed by atoms with Crippen LogP contribution in [0, 0.1) is 5.89 Å². The summed E-state index contributed by atoms with van der Waals surface area (Å²) in [6, 6.07) is 0. The third-order valence-electron chi connectivity index (χ3n) is 3.25. The van der Waals surface area contributed by atoms with Crippen molar-refractivity contribution < 1.29 is 37.9 Å². The molecule has 28 heavy (non-hydrogen) atoms. The molecule has 0 saturated carbocycles. The smallest absolute Gasteiger partial charge is 0.410 e. The van der Waals surface area contributed by atoms with E-state index in [1.807, 2.05) is 0 Å². The fourth-order valence-corrected chi connectivity index (χ4v) is 1.92. The number of piperidine rings is 2. The lowest BCUT2D eigenvalue weighted by Crippen LogP contribution is -2.42. The van der Waals surface area contributed by atoms with E-state index in [1.54, 1.807) is 41.5 Å². The van der Waals surface area contributed by atoms with Crippen molar-refractivity contribution in [3.63, 3.8) is 0 Å². The zero-order valence-corrected chi connectivity index (χ0v) is 17.8. The monoisotopic (exact) mass is 410 g/mol. The molecule has 1 N–H and O–H groups in total. The Kier molecular flexibility index (Phi) is 4.77. The molecule has 7 heteroatoms. The van der Waals surface area contributed by atoms with Crippen LogP contribution in [0.3, 0.4) is 0 Å². The predicted octanol–water partition coefficient (Wildman–Crippen LogP) is 4.03. The van der Waals surface area contributed by atoms with E-state index in [1.165, 1.54) is 6.92 Å². The third-order valence-corrected chi connectivity index (χ3v) is 3.25. The van der Waals surface area contributed by atoms with Crippen molar-refractivity contribution in [2.75, 3.05) is 26.2 Å². The predicted molar refractivity (Wildman–Crippen MR) is 109 cm³/mol. The van der Waals surface area contributed by atoms with Gasteiger partial charge in [-0.2, -0.15) is 0 Å². The second-order valence-electron chi connectivity index (χ2n) is 8.35. The fourth-order valence-electron chi connectivity index (χ4n) is 1.92. The van der Waals surface area contributed by atoms with E-state index in [-0.39, 0.29) is 13.1 Å². The van der Waals surface area contributed by atoms with E-state index in [9.17, 15) is 14.7 Å². The normalized spacial score (nSPS) is 34.3. The van der Waals surface area contributed by atoms with Gasteiger partial charge in [0.1, 0.15) is 11.2 Å². The van der Waals surface area contributed by atoms with Gasteiger partial charge < -0.3 is 24.4 Å². The molecule has 2 aliphatic heterocycles. The molecule has 2 amide bonds. The van der Waals surface area contributed by atoms with Crippen LogP contribution in [0.25, 0.3) is 0 Å². The summed E-state index contributed by atoms with van der Waals surface area (Å²) >= 11 is 0. The molecule has 0 atom stereocenters. The lowest BCUT2D eigenvalue weighted by molar-refractivity contribution is 0.00992. The first-order valence-electron chi connectivity index (χ1n) is 14.1. The SMILES string of the molecule is [2H]C1([2H])CN(C(=O)OC(C)(C)C)CC([2H])([2H])C1([2H])C.[2H]C1([2H])CN(C(=O)OC(C)(C)C)CC([2H])([2H])C1([2H])O. The highest BCUT2D eigenvalue weighted by atomic mass is 16.6. The minimum atomic E-state index is -2.92. The van der Waals surface area contributed by atoms with Crippen molar-refractivity contribution in [1.29, 1.82) is 0 Å². The van der Waals surface area contributed by atoms with Gasteiger partial charge in [0.25, 0.3) is 0 Å². The molecular weight excluding hydrogens is 360 g/mol. The zero-order valence-electron chi connectivity index (χ0n) is 27.8. The number of nitrogens with zero attached hydrogens (tertiary/aromatic N) is 2.